The molecule has 0 aliphatic rings. The number of fused-ring (bicyclic) bond motifs is 3. The molecule has 7 nitrogen and oxygen atoms in total. The molecule has 1 aromatic heterocycles. The number of benzene rings is 5. The predicted octanol–water partition coefficient (Wildman–Crippen LogP) is 7.81. The van der Waals surface area contributed by atoms with E-state index in [0.717, 1.165) is 23.4 Å². The van der Waals surface area contributed by atoms with Crippen molar-refractivity contribution in [3.05, 3.63) is 144 Å². The van der Waals surface area contributed by atoms with E-state index in [1.165, 1.54) is 38.0 Å². The topological polar surface area (TPSA) is 83.8 Å². The molecule has 5 aromatic carbocycles. The van der Waals surface area contributed by atoms with Crippen LogP contribution in [0.3, 0.4) is 0 Å². The summed E-state index contributed by atoms with van der Waals surface area (Å²) in [6.45, 7) is 8.95. The van der Waals surface area contributed by atoms with E-state index in [9.17, 15) is 13.5 Å². The molecule has 2 N–H and O–H groups in total. The maximum absolute atomic E-state index is 12.7. The van der Waals surface area contributed by atoms with Crippen molar-refractivity contribution in [1.29, 1.82) is 0 Å². The van der Waals surface area contributed by atoms with Gasteiger partial charge in [0.25, 0.3) is 0 Å². The normalized spacial score (nSPS) is 12.8. The van der Waals surface area contributed by atoms with E-state index < -0.39 is 16.1 Å². The van der Waals surface area contributed by atoms with Crippen molar-refractivity contribution in [2.75, 3.05) is 30.3 Å². The average molecular weight is 676 g/mol. The Balaban J connectivity index is 1.12. The van der Waals surface area contributed by atoms with E-state index in [2.05, 4.69) is 85.3 Å². The van der Waals surface area contributed by atoms with Gasteiger partial charge in [0.2, 0.25) is 10.0 Å². The highest BCUT2D eigenvalue weighted by Crippen LogP contribution is 2.35. The molecule has 1 atom stereocenters. The maximum atomic E-state index is 12.7. The number of hydrogen-bond donors (Lipinski definition) is 2. The summed E-state index contributed by atoms with van der Waals surface area (Å²) in [7, 11) is -3.54. The zero-order valence-corrected chi connectivity index (χ0v) is 29.5. The fourth-order valence-electron chi connectivity index (χ4n) is 6.20. The zero-order chi connectivity index (χ0) is 34.6. The Bertz CT molecular complexity index is 2140. The molecule has 6 rings (SSSR count). The fraction of sp³-hybridized carbons (Fsp3) is 0.268. The van der Waals surface area contributed by atoms with Crippen LogP contribution in [0.25, 0.3) is 21.8 Å². The third-order valence-corrected chi connectivity index (χ3v) is 10.0. The molecule has 1 heterocycles. The predicted molar refractivity (Wildman–Crippen MR) is 201 cm³/mol. The van der Waals surface area contributed by atoms with E-state index >= 15 is 0 Å². The molecule has 0 saturated heterocycles. The molecule has 0 aliphatic carbocycles. The van der Waals surface area contributed by atoms with Gasteiger partial charge in [-0.25, -0.2) is 8.42 Å². The number of rotatable bonds is 13. The number of aliphatic hydroxyl groups is 1. The first-order chi connectivity index (χ1) is 23.5. The summed E-state index contributed by atoms with van der Waals surface area (Å²) in [5.41, 5.74) is 6.95. The van der Waals surface area contributed by atoms with Gasteiger partial charge in [0.05, 0.1) is 30.1 Å². The second-order valence-corrected chi connectivity index (χ2v) is 15.6. The summed E-state index contributed by atoms with van der Waals surface area (Å²) < 4.78 is 35.3. The van der Waals surface area contributed by atoms with Crippen molar-refractivity contribution in [3.63, 3.8) is 0 Å². The number of nitrogens with one attached hydrogen (secondary N) is 1. The number of ether oxygens (including phenoxy) is 1. The number of aliphatic hydroxyl groups excluding tert-OH is 1. The number of nitrogens with zero attached hydrogens (tertiary/aromatic N) is 2. The van der Waals surface area contributed by atoms with Crippen molar-refractivity contribution in [2.24, 2.45) is 0 Å². The lowest BCUT2D eigenvalue weighted by molar-refractivity contribution is 0.172. The smallest absolute Gasteiger partial charge is 0.232 e. The molecular formula is C41H45N3O4S. The van der Waals surface area contributed by atoms with Crippen LogP contribution in [0.1, 0.15) is 49.1 Å². The minimum Gasteiger partial charge on any atom is -0.492 e. The first-order valence-electron chi connectivity index (χ1n) is 16.7. The Morgan fingerprint density at radius 1 is 0.796 bits per heavy atom. The minimum atomic E-state index is -3.54. The molecule has 0 unspecified atom stereocenters. The molecule has 0 aliphatic heterocycles. The van der Waals surface area contributed by atoms with Crippen LogP contribution in [0.5, 0.6) is 5.75 Å². The molecule has 0 saturated carbocycles. The van der Waals surface area contributed by atoms with E-state index in [1.807, 2.05) is 48.5 Å². The number of aromatic nitrogens is 1. The van der Waals surface area contributed by atoms with Crippen LogP contribution in [-0.4, -0.2) is 44.0 Å². The molecule has 254 valence electrons. The van der Waals surface area contributed by atoms with Crippen LogP contribution in [-0.2, 0) is 28.5 Å². The third-order valence-electron chi connectivity index (χ3n) is 8.89. The third kappa shape index (κ3) is 8.16. The molecule has 6 aromatic rings. The SMILES string of the molecule is CC(C)(C)c1ccc2c3ccc(OCCNC[C@H](O)c4cccc(N(Cc5ccccc5)S(C)(=O)=O)c4)cc3n(Cc3ccccc3)c2c1. The summed E-state index contributed by atoms with van der Waals surface area (Å²) in [6.07, 6.45) is 0.380. The van der Waals surface area contributed by atoms with Crippen molar-refractivity contribution in [3.8, 4) is 5.75 Å². The number of hydrogen-bond acceptors (Lipinski definition) is 5. The van der Waals surface area contributed by atoms with Crippen molar-refractivity contribution >= 4 is 37.5 Å². The van der Waals surface area contributed by atoms with E-state index in [1.54, 1.807) is 18.2 Å². The van der Waals surface area contributed by atoms with Crippen molar-refractivity contribution in [2.45, 2.75) is 45.4 Å². The number of anilines is 1. The summed E-state index contributed by atoms with van der Waals surface area (Å²) >= 11 is 0. The second kappa shape index (κ2) is 14.5. The molecule has 0 spiro atoms. The Kier molecular flexibility index (Phi) is 10.1. The molecule has 8 heteroatoms. The average Bonchev–Trinajstić information content (AvgIpc) is 3.39. The molecule has 49 heavy (non-hydrogen) atoms. The standard InChI is InChI=1S/C41H45N3O4S/c1-41(2,3)33-18-20-36-37-21-19-35(26-39(37)43(38(36)25-33)28-30-12-7-5-8-13-30)48-23-22-42-27-40(45)32-16-11-17-34(24-32)44(49(4,46)47)29-31-14-9-6-10-15-31/h5-21,24-26,40,42,45H,22-23,27-29H2,1-4H3/t40-/m0/s1. The highest BCUT2D eigenvalue weighted by Gasteiger charge is 2.20. The quantitative estimate of drug-likeness (QED) is 0.122. The van der Waals surface area contributed by atoms with Gasteiger partial charge in [0.1, 0.15) is 12.4 Å². The second-order valence-electron chi connectivity index (χ2n) is 13.7. The van der Waals surface area contributed by atoms with Crippen LogP contribution in [0.15, 0.2) is 121 Å². The first-order valence-corrected chi connectivity index (χ1v) is 18.6. The largest absolute Gasteiger partial charge is 0.492 e. The van der Waals surface area contributed by atoms with Gasteiger partial charge in [-0.1, -0.05) is 106 Å². The zero-order valence-electron chi connectivity index (χ0n) is 28.6. The summed E-state index contributed by atoms with van der Waals surface area (Å²) in [5, 5.41) is 16.7. The summed E-state index contributed by atoms with van der Waals surface area (Å²) in [4.78, 5) is 0. The van der Waals surface area contributed by atoms with Gasteiger partial charge in [-0.2, -0.15) is 0 Å². The van der Waals surface area contributed by atoms with E-state index in [0.29, 0.717) is 30.9 Å². The fourth-order valence-corrected chi connectivity index (χ4v) is 7.08. The van der Waals surface area contributed by atoms with E-state index in [-0.39, 0.29) is 12.0 Å². The Morgan fingerprint density at radius 3 is 2.12 bits per heavy atom. The number of sulfonamides is 1. The lowest BCUT2D eigenvalue weighted by atomic mass is 9.86. The minimum absolute atomic E-state index is 0.0404. The Labute approximate surface area is 289 Å². The molecule has 0 radical (unpaired) electrons. The van der Waals surface area contributed by atoms with Gasteiger partial charge >= 0.3 is 0 Å². The van der Waals surface area contributed by atoms with Crippen LogP contribution >= 0.6 is 0 Å². The van der Waals surface area contributed by atoms with Gasteiger partial charge in [-0.05, 0) is 58.0 Å². The van der Waals surface area contributed by atoms with Crippen molar-refractivity contribution in [1.82, 2.24) is 9.88 Å². The molecule has 0 fully saturated rings. The van der Waals surface area contributed by atoms with Gasteiger partial charge in [-0.3, -0.25) is 4.31 Å². The van der Waals surface area contributed by atoms with E-state index in [4.69, 9.17) is 4.74 Å². The van der Waals surface area contributed by atoms with Gasteiger partial charge in [0.15, 0.2) is 0 Å². The van der Waals surface area contributed by atoms with Crippen LogP contribution in [0, 0.1) is 0 Å². The highest BCUT2D eigenvalue weighted by atomic mass is 32.2. The van der Waals surface area contributed by atoms with Crippen LogP contribution in [0.4, 0.5) is 5.69 Å². The van der Waals surface area contributed by atoms with Crippen LogP contribution in [0.2, 0.25) is 0 Å². The Hall–Kier alpha value is -4.63. The lowest BCUT2D eigenvalue weighted by Crippen LogP contribution is -2.29. The van der Waals surface area contributed by atoms with Crippen LogP contribution < -0.4 is 14.4 Å². The molecule has 0 amide bonds. The summed E-state index contributed by atoms with van der Waals surface area (Å²) in [6, 6.07) is 40.2. The monoisotopic (exact) mass is 675 g/mol. The van der Waals surface area contributed by atoms with Gasteiger partial charge in [-0.15, -0.1) is 0 Å². The van der Waals surface area contributed by atoms with Gasteiger partial charge in [0, 0.05) is 42.0 Å². The summed E-state index contributed by atoms with van der Waals surface area (Å²) in [5.74, 6) is 0.787. The van der Waals surface area contributed by atoms with Gasteiger partial charge < -0.3 is 19.7 Å². The lowest BCUT2D eigenvalue weighted by Gasteiger charge is -2.24. The first kappa shape index (κ1) is 34.2. The Morgan fingerprint density at radius 2 is 1.45 bits per heavy atom. The maximum Gasteiger partial charge on any atom is 0.232 e. The highest BCUT2D eigenvalue weighted by molar-refractivity contribution is 7.92. The van der Waals surface area contributed by atoms with Crippen molar-refractivity contribution < 1.29 is 18.3 Å². The molecular weight excluding hydrogens is 631 g/mol. The molecule has 0 bridgehead atoms.